The van der Waals surface area contributed by atoms with Crippen molar-refractivity contribution in [1.82, 2.24) is 5.16 Å². The van der Waals surface area contributed by atoms with Gasteiger partial charge >= 0.3 is 5.91 Å². The van der Waals surface area contributed by atoms with Crippen molar-refractivity contribution in [2.75, 3.05) is 0 Å². The Morgan fingerprint density at radius 2 is 2.26 bits per heavy atom. The van der Waals surface area contributed by atoms with Gasteiger partial charge in [-0.3, -0.25) is 4.79 Å². The lowest BCUT2D eigenvalue weighted by atomic mass is 10.1. The number of amides is 1. The molecule has 7 heteroatoms. The highest BCUT2D eigenvalue weighted by molar-refractivity contribution is 9.10. The Kier molecular flexibility index (Phi) is 4.06. The molecule has 2 aromatic rings. The smallest absolute Gasteiger partial charge is 0.326 e. The summed E-state index contributed by atoms with van der Waals surface area (Å²) < 4.78 is 11.0. The molecular formula is C12H9BrN2O4. The molecule has 19 heavy (non-hydrogen) atoms. The van der Waals surface area contributed by atoms with E-state index >= 15 is 0 Å². The zero-order valence-electron chi connectivity index (χ0n) is 9.87. The molecule has 1 heterocycles. The van der Waals surface area contributed by atoms with Crippen molar-refractivity contribution in [3.8, 4) is 17.0 Å². The number of ether oxygens (including phenoxy) is 1. The van der Waals surface area contributed by atoms with Crippen LogP contribution in [-0.2, 0) is 4.79 Å². The van der Waals surface area contributed by atoms with E-state index in [-0.39, 0.29) is 0 Å². The maximum Gasteiger partial charge on any atom is 0.326 e. The van der Waals surface area contributed by atoms with E-state index < -0.39 is 12.0 Å². The number of carbonyl (C=O) groups excluding carboxylic acids is 1. The first kappa shape index (κ1) is 13.4. The Hall–Kier alpha value is -2.02. The van der Waals surface area contributed by atoms with Gasteiger partial charge in [-0.05, 0) is 25.1 Å². The minimum atomic E-state index is -0.954. The molecule has 0 fully saturated rings. The largest absolute Gasteiger partial charge is 0.480 e. The molecule has 1 amide bonds. The lowest BCUT2D eigenvalue weighted by Crippen LogP contribution is -2.21. The number of rotatable bonds is 4. The monoisotopic (exact) mass is 324 g/mol. The number of benzene rings is 1. The molecule has 0 radical (unpaired) electrons. The molecule has 0 bridgehead atoms. The fourth-order valence-corrected chi connectivity index (χ4v) is 1.83. The van der Waals surface area contributed by atoms with Crippen LogP contribution in [0.4, 0.5) is 0 Å². The third-order valence-corrected chi connectivity index (χ3v) is 2.89. The zero-order chi connectivity index (χ0) is 13.8. The average molecular weight is 325 g/mol. The molecule has 1 atom stereocenters. The molecule has 0 aliphatic carbocycles. The Morgan fingerprint density at radius 1 is 1.47 bits per heavy atom. The Morgan fingerprint density at radius 3 is 2.89 bits per heavy atom. The first-order chi connectivity index (χ1) is 9.11. The number of carbonyl (C=O) groups is 1. The number of nitroso groups, excluding NO2 is 1. The number of halogens is 1. The van der Waals surface area contributed by atoms with Gasteiger partial charge in [0.05, 0.1) is 0 Å². The molecular weight excluding hydrogens is 316 g/mol. The second kappa shape index (κ2) is 5.75. The Bertz CT molecular complexity index is 598. The second-order valence-electron chi connectivity index (χ2n) is 3.71. The summed E-state index contributed by atoms with van der Waals surface area (Å²) in [5.74, 6) is -0.448. The van der Waals surface area contributed by atoms with Gasteiger partial charge in [0, 0.05) is 21.3 Å². The van der Waals surface area contributed by atoms with Gasteiger partial charge in [-0.15, -0.1) is 4.91 Å². The third kappa shape index (κ3) is 3.05. The molecule has 0 spiro atoms. The zero-order valence-corrected chi connectivity index (χ0v) is 11.5. The minimum Gasteiger partial charge on any atom is -0.480 e. The number of nitrogens with zero attached hydrogens (tertiary/aromatic N) is 2. The van der Waals surface area contributed by atoms with Gasteiger partial charge in [0.25, 0.3) is 0 Å². The predicted molar refractivity (Wildman–Crippen MR) is 70.5 cm³/mol. The summed E-state index contributed by atoms with van der Waals surface area (Å²) >= 11 is 3.34. The van der Waals surface area contributed by atoms with Crippen LogP contribution in [0.3, 0.4) is 0 Å². The van der Waals surface area contributed by atoms with Gasteiger partial charge < -0.3 is 9.26 Å². The lowest BCUT2D eigenvalue weighted by molar-refractivity contribution is -0.123. The van der Waals surface area contributed by atoms with E-state index in [2.05, 4.69) is 26.3 Å². The molecule has 98 valence electrons. The van der Waals surface area contributed by atoms with Crippen molar-refractivity contribution in [2.24, 2.45) is 5.18 Å². The molecule has 0 aliphatic heterocycles. The normalized spacial score (nSPS) is 11.9. The number of aromatic nitrogens is 1. The molecule has 0 saturated heterocycles. The lowest BCUT2D eigenvalue weighted by Gasteiger charge is -2.13. The van der Waals surface area contributed by atoms with Crippen LogP contribution >= 0.6 is 15.9 Å². The maximum absolute atomic E-state index is 11.1. The van der Waals surface area contributed by atoms with Crippen LogP contribution in [0.1, 0.15) is 6.92 Å². The van der Waals surface area contributed by atoms with E-state index in [4.69, 9.17) is 9.26 Å². The number of hydrogen-bond donors (Lipinski definition) is 0. The SMILES string of the molecule is C[C@H](Oc1ccc(Br)cc1-c1ccon1)C(=O)N=O. The van der Waals surface area contributed by atoms with Crippen LogP contribution in [0.25, 0.3) is 11.3 Å². The number of hydrogen-bond acceptors (Lipinski definition) is 5. The summed E-state index contributed by atoms with van der Waals surface area (Å²) in [4.78, 5) is 21.3. The molecule has 0 N–H and O–H groups in total. The van der Waals surface area contributed by atoms with Crippen molar-refractivity contribution < 1.29 is 14.1 Å². The Labute approximate surface area is 116 Å². The van der Waals surface area contributed by atoms with Crippen molar-refractivity contribution in [3.63, 3.8) is 0 Å². The predicted octanol–water partition coefficient (Wildman–Crippen LogP) is 3.16. The first-order valence-electron chi connectivity index (χ1n) is 5.36. The summed E-state index contributed by atoms with van der Waals surface area (Å²) in [5, 5.41) is 6.15. The fourth-order valence-electron chi connectivity index (χ4n) is 1.47. The highest BCUT2D eigenvalue weighted by Crippen LogP contribution is 2.32. The van der Waals surface area contributed by atoms with E-state index in [0.29, 0.717) is 17.0 Å². The molecule has 0 saturated carbocycles. The van der Waals surface area contributed by atoms with Gasteiger partial charge in [-0.25, -0.2) is 0 Å². The third-order valence-electron chi connectivity index (χ3n) is 2.40. The van der Waals surface area contributed by atoms with Crippen molar-refractivity contribution >= 4 is 21.8 Å². The highest BCUT2D eigenvalue weighted by atomic mass is 79.9. The standard InChI is InChI=1S/C12H9BrN2O4/c1-7(12(16)14-17)19-11-3-2-8(13)6-9(11)10-4-5-18-15-10/h2-7H,1H3/t7-/m0/s1. The summed E-state index contributed by atoms with van der Waals surface area (Å²) in [5.41, 5.74) is 1.21. The summed E-state index contributed by atoms with van der Waals surface area (Å²) in [6.07, 6.45) is 0.478. The maximum atomic E-state index is 11.1. The Balaban J connectivity index is 2.35. The minimum absolute atomic E-state index is 0.418. The highest BCUT2D eigenvalue weighted by Gasteiger charge is 2.18. The molecule has 0 unspecified atom stereocenters. The van der Waals surface area contributed by atoms with E-state index in [0.717, 1.165) is 4.47 Å². The van der Waals surface area contributed by atoms with E-state index in [1.165, 1.54) is 13.2 Å². The van der Waals surface area contributed by atoms with E-state index in [1.54, 1.807) is 24.3 Å². The van der Waals surface area contributed by atoms with Crippen LogP contribution in [0.15, 0.2) is 44.7 Å². The molecule has 1 aromatic carbocycles. The van der Waals surface area contributed by atoms with Crippen molar-refractivity contribution in [2.45, 2.75) is 13.0 Å². The van der Waals surface area contributed by atoms with Gasteiger partial charge in [0.1, 0.15) is 17.7 Å². The van der Waals surface area contributed by atoms with Crippen LogP contribution in [0.2, 0.25) is 0 Å². The van der Waals surface area contributed by atoms with Crippen molar-refractivity contribution in [3.05, 3.63) is 39.9 Å². The van der Waals surface area contributed by atoms with Crippen LogP contribution in [-0.4, -0.2) is 17.2 Å². The quantitative estimate of drug-likeness (QED) is 0.807. The van der Waals surface area contributed by atoms with Gasteiger partial charge in [-0.1, -0.05) is 21.1 Å². The second-order valence-corrected chi connectivity index (χ2v) is 4.63. The molecule has 1 aromatic heterocycles. The molecule has 0 aliphatic rings. The van der Waals surface area contributed by atoms with Gasteiger partial charge in [0.2, 0.25) is 0 Å². The fraction of sp³-hybridized carbons (Fsp3) is 0.167. The van der Waals surface area contributed by atoms with E-state index in [1.807, 2.05) is 0 Å². The van der Waals surface area contributed by atoms with Crippen molar-refractivity contribution in [1.29, 1.82) is 0 Å². The van der Waals surface area contributed by atoms with E-state index in [9.17, 15) is 9.70 Å². The van der Waals surface area contributed by atoms with Crippen LogP contribution < -0.4 is 4.74 Å². The molecule has 2 rings (SSSR count). The summed E-state index contributed by atoms with van der Waals surface area (Å²) in [6.45, 7) is 1.46. The first-order valence-corrected chi connectivity index (χ1v) is 6.15. The summed E-state index contributed by atoms with van der Waals surface area (Å²) in [6, 6.07) is 6.87. The topological polar surface area (TPSA) is 81.8 Å². The van der Waals surface area contributed by atoms with Gasteiger partial charge in [-0.2, -0.15) is 0 Å². The average Bonchev–Trinajstić information content (AvgIpc) is 2.93. The molecule has 6 nitrogen and oxygen atoms in total. The van der Waals surface area contributed by atoms with Crippen LogP contribution in [0.5, 0.6) is 5.75 Å². The van der Waals surface area contributed by atoms with Crippen LogP contribution in [0, 0.1) is 4.91 Å². The summed E-state index contributed by atoms with van der Waals surface area (Å²) in [7, 11) is 0. The van der Waals surface area contributed by atoms with Gasteiger partial charge in [0.15, 0.2) is 6.10 Å².